The van der Waals surface area contributed by atoms with Crippen LogP contribution in [-0.2, 0) is 4.74 Å². The van der Waals surface area contributed by atoms with Gasteiger partial charge in [-0.25, -0.2) is 4.98 Å². The van der Waals surface area contributed by atoms with E-state index in [1.165, 1.54) is 0 Å². The Hall–Kier alpha value is -1.43. The van der Waals surface area contributed by atoms with Crippen LogP contribution in [0.1, 0.15) is 12.8 Å². The molecule has 1 aliphatic heterocycles. The minimum atomic E-state index is 0.0758. The van der Waals surface area contributed by atoms with Gasteiger partial charge >= 0.3 is 0 Å². The van der Waals surface area contributed by atoms with Crippen molar-refractivity contribution in [3.8, 4) is 0 Å². The number of fused-ring (bicyclic) bond motifs is 1. The van der Waals surface area contributed by atoms with E-state index in [1.807, 2.05) is 24.3 Å². The third-order valence-corrected chi connectivity index (χ3v) is 3.91. The molecule has 0 spiro atoms. The molecule has 3 rings (SSSR count). The van der Waals surface area contributed by atoms with Gasteiger partial charge in [-0.05, 0) is 36.6 Å². The zero-order chi connectivity index (χ0) is 14.7. The van der Waals surface area contributed by atoms with Crippen molar-refractivity contribution in [1.29, 1.82) is 0 Å². The maximum atomic E-state index is 8.81. The van der Waals surface area contributed by atoms with Crippen molar-refractivity contribution in [2.24, 2.45) is 0 Å². The van der Waals surface area contributed by atoms with Gasteiger partial charge < -0.3 is 14.7 Å². The van der Waals surface area contributed by atoms with Gasteiger partial charge in [-0.2, -0.15) is 4.98 Å². The number of anilines is 1. The number of halogens is 1. The zero-order valence-corrected chi connectivity index (χ0v) is 12.5. The van der Waals surface area contributed by atoms with Crippen LogP contribution >= 0.6 is 11.6 Å². The van der Waals surface area contributed by atoms with Gasteiger partial charge in [0.1, 0.15) is 5.82 Å². The summed E-state index contributed by atoms with van der Waals surface area (Å²) in [5.74, 6) is 0.895. The molecule has 1 fully saturated rings. The molecular formula is C15H18ClN3O2. The Morgan fingerprint density at radius 1 is 1.24 bits per heavy atom. The fourth-order valence-corrected chi connectivity index (χ4v) is 2.90. The SMILES string of the molecule is OCCOC1CCN(c2nc(Cl)nc3ccccc23)CC1. The molecule has 112 valence electrons. The van der Waals surface area contributed by atoms with Gasteiger partial charge in [0.15, 0.2) is 0 Å². The molecule has 0 radical (unpaired) electrons. The molecule has 2 heterocycles. The highest BCUT2D eigenvalue weighted by molar-refractivity contribution is 6.28. The molecule has 5 nitrogen and oxygen atoms in total. The van der Waals surface area contributed by atoms with Crippen molar-refractivity contribution in [2.45, 2.75) is 18.9 Å². The molecular weight excluding hydrogens is 290 g/mol. The average molecular weight is 308 g/mol. The van der Waals surface area contributed by atoms with Gasteiger partial charge in [0.2, 0.25) is 5.28 Å². The molecule has 0 aliphatic carbocycles. The lowest BCUT2D eigenvalue weighted by Gasteiger charge is -2.33. The lowest BCUT2D eigenvalue weighted by Crippen LogP contribution is -2.38. The maximum absolute atomic E-state index is 8.81. The van der Waals surface area contributed by atoms with Crippen LogP contribution in [0.25, 0.3) is 10.9 Å². The van der Waals surface area contributed by atoms with Gasteiger partial charge in [-0.3, -0.25) is 0 Å². The molecule has 0 bridgehead atoms. The predicted molar refractivity (Wildman–Crippen MR) is 82.8 cm³/mol. The van der Waals surface area contributed by atoms with Crippen molar-refractivity contribution in [3.05, 3.63) is 29.5 Å². The van der Waals surface area contributed by atoms with E-state index < -0.39 is 0 Å². The number of aliphatic hydroxyl groups is 1. The fraction of sp³-hybridized carbons (Fsp3) is 0.467. The summed E-state index contributed by atoms with van der Waals surface area (Å²) >= 11 is 6.04. The number of nitrogens with zero attached hydrogens (tertiary/aromatic N) is 3. The zero-order valence-electron chi connectivity index (χ0n) is 11.7. The second-order valence-electron chi connectivity index (χ2n) is 5.11. The number of rotatable bonds is 4. The Morgan fingerprint density at radius 3 is 2.76 bits per heavy atom. The first-order valence-corrected chi connectivity index (χ1v) is 7.55. The Bertz CT molecular complexity index is 615. The summed E-state index contributed by atoms with van der Waals surface area (Å²) in [4.78, 5) is 10.9. The van der Waals surface area contributed by atoms with E-state index in [4.69, 9.17) is 21.4 Å². The van der Waals surface area contributed by atoms with Crippen LogP contribution in [0.4, 0.5) is 5.82 Å². The highest BCUT2D eigenvalue weighted by Gasteiger charge is 2.22. The molecule has 0 amide bonds. The van der Waals surface area contributed by atoms with Crippen LogP contribution in [0.15, 0.2) is 24.3 Å². The monoisotopic (exact) mass is 307 g/mol. The summed E-state index contributed by atoms with van der Waals surface area (Å²) in [6.07, 6.45) is 2.07. The molecule has 21 heavy (non-hydrogen) atoms. The molecule has 2 aromatic rings. The van der Waals surface area contributed by atoms with Crippen LogP contribution < -0.4 is 4.90 Å². The number of aliphatic hydroxyl groups excluding tert-OH is 1. The molecule has 1 aliphatic rings. The number of hydrogen-bond acceptors (Lipinski definition) is 5. The number of benzene rings is 1. The maximum Gasteiger partial charge on any atom is 0.224 e. The smallest absolute Gasteiger partial charge is 0.224 e. The van der Waals surface area contributed by atoms with Crippen LogP contribution in [0, 0.1) is 0 Å². The number of piperidine rings is 1. The lowest BCUT2D eigenvalue weighted by molar-refractivity contribution is 0.0158. The second-order valence-corrected chi connectivity index (χ2v) is 5.45. The third-order valence-electron chi connectivity index (χ3n) is 3.74. The molecule has 6 heteroatoms. The summed E-state index contributed by atoms with van der Waals surface area (Å²) in [5.41, 5.74) is 0.867. The Morgan fingerprint density at radius 2 is 2.00 bits per heavy atom. The first-order chi connectivity index (χ1) is 10.3. The van der Waals surface area contributed by atoms with Gasteiger partial charge in [0, 0.05) is 18.5 Å². The molecule has 0 unspecified atom stereocenters. The van der Waals surface area contributed by atoms with E-state index in [1.54, 1.807) is 0 Å². The number of para-hydroxylation sites is 1. The van der Waals surface area contributed by atoms with Crippen molar-refractivity contribution >= 4 is 28.3 Å². The van der Waals surface area contributed by atoms with Crippen molar-refractivity contribution in [1.82, 2.24) is 9.97 Å². The first-order valence-electron chi connectivity index (χ1n) is 7.17. The van der Waals surface area contributed by atoms with E-state index in [9.17, 15) is 0 Å². The molecule has 1 saturated heterocycles. The Labute approximate surface area is 128 Å². The Kier molecular flexibility index (Phi) is 4.53. The van der Waals surface area contributed by atoms with E-state index in [0.717, 1.165) is 42.7 Å². The number of ether oxygens (including phenoxy) is 1. The Balaban J connectivity index is 1.79. The minimum absolute atomic E-state index is 0.0758. The quantitative estimate of drug-likeness (QED) is 0.878. The summed E-state index contributed by atoms with van der Waals surface area (Å²) in [7, 11) is 0. The van der Waals surface area contributed by atoms with Crippen LogP contribution in [0.3, 0.4) is 0 Å². The van der Waals surface area contributed by atoms with E-state index in [-0.39, 0.29) is 18.0 Å². The van der Waals surface area contributed by atoms with Gasteiger partial charge in [0.25, 0.3) is 0 Å². The van der Waals surface area contributed by atoms with Gasteiger partial charge in [-0.15, -0.1) is 0 Å². The summed E-state index contributed by atoms with van der Waals surface area (Å²) in [6.45, 7) is 2.22. The highest BCUT2D eigenvalue weighted by Crippen LogP contribution is 2.28. The number of hydrogen-bond donors (Lipinski definition) is 1. The third kappa shape index (κ3) is 3.26. The lowest BCUT2D eigenvalue weighted by atomic mass is 10.1. The van der Waals surface area contributed by atoms with Crippen LogP contribution in [0.5, 0.6) is 0 Å². The van der Waals surface area contributed by atoms with Gasteiger partial charge in [-0.1, -0.05) is 12.1 Å². The van der Waals surface area contributed by atoms with E-state index in [2.05, 4.69) is 14.9 Å². The second kappa shape index (κ2) is 6.56. The minimum Gasteiger partial charge on any atom is -0.394 e. The van der Waals surface area contributed by atoms with Crippen LogP contribution in [0.2, 0.25) is 5.28 Å². The van der Waals surface area contributed by atoms with Crippen molar-refractivity contribution in [2.75, 3.05) is 31.2 Å². The molecule has 0 saturated carbocycles. The summed E-state index contributed by atoms with van der Waals surface area (Å²) < 4.78 is 5.59. The fourth-order valence-electron chi connectivity index (χ4n) is 2.73. The highest BCUT2D eigenvalue weighted by atomic mass is 35.5. The molecule has 0 atom stereocenters. The summed E-state index contributed by atoms with van der Waals surface area (Å²) in [6, 6.07) is 7.91. The molecule has 1 N–H and O–H groups in total. The standard InChI is InChI=1S/C15H18ClN3O2/c16-15-17-13-4-2-1-3-12(13)14(18-15)19-7-5-11(6-8-19)21-10-9-20/h1-4,11,20H,5-10H2. The van der Waals surface area contributed by atoms with Crippen LogP contribution in [-0.4, -0.2) is 47.5 Å². The molecule has 1 aromatic carbocycles. The normalized spacial score (nSPS) is 16.6. The summed E-state index contributed by atoms with van der Waals surface area (Å²) in [5, 5.41) is 10.1. The largest absolute Gasteiger partial charge is 0.394 e. The van der Waals surface area contributed by atoms with Crippen molar-refractivity contribution < 1.29 is 9.84 Å². The average Bonchev–Trinajstić information content (AvgIpc) is 2.52. The van der Waals surface area contributed by atoms with Gasteiger partial charge in [0.05, 0.1) is 24.8 Å². The number of aromatic nitrogens is 2. The first kappa shape index (κ1) is 14.5. The topological polar surface area (TPSA) is 58.5 Å². The van der Waals surface area contributed by atoms with E-state index >= 15 is 0 Å². The molecule has 1 aromatic heterocycles. The van der Waals surface area contributed by atoms with E-state index in [0.29, 0.717) is 6.61 Å². The predicted octanol–water partition coefficient (Wildman–Crippen LogP) is 2.26. The van der Waals surface area contributed by atoms with Crippen molar-refractivity contribution in [3.63, 3.8) is 0 Å².